The second-order valence-electron chi connectivity index (χ2n) is 8.93. The third-order valence-corrected chi connectivity index (χ3v) is 8.22. The van der Waals surface area contributed by atoms with E-state index in [4.69, 9.17) is 19.0 Å². The van der Waals surface area contributed by atoms with Crippen LogP contribution in [0.5, 0.6) is 11.5 Å². The van der Waals surface area contributed by atoms with E-state index in [9.17, 15) is 8.42 Å². The molecular weight excluding hydrogens is 496 g/mol. The Kier molecular flexibility index (Phi) is 7.25. The lowest BCUT2D eigenvalue weighted by atomic mass is 9.89. The molecule has 2 aliphatic heterocycles. The van der Waals surface area contributed by atoms with Crippen LogP contribution in [0.15, 0.2) is 71.6 Å². The third-order valence-electron chi connectivity index (χ3n) is 6.29. The maximum atomic E-state index is 10.5. The molecule has 0 bridgehead atoms. The van der Waals surface area contributed by atoms with Crippen LogP contribution in [0.4, 0.5) is 0 Å². The highest BCUT2D eigenvalue weighted by atomic mass is 32.2. The molecule has 1 saturated heterocycles. The maximum absolute atomic E-state index is 10.5. The number of hydrogen-bond acceptors (Lipinski definition) is 7. The van der Waals surface area contributed by atoms with Gasteiger partial charge >= 0.3 is 0 Å². The van der Waals surface area contributed by atoms with Crippen molar-refractivity contribution in [3.63, 3.8) is 0 Å². The van der Waals surface area contributed by atoms with E-state index in [-0.39, 0.29) is 11.2 Å². The highest BCUT2D eigenvalue weighted by Crippen LogP contribution is 2.44. The number of thiazole rings is 1. The molecule has 36 heavy (non-hydrogen) atoms. The van der Waals surface area contributed by atoms with Crippen LogP contribution >= 0.6 is 11.3 Å². The number of benzene rings is 3. The van der Waals surface area contributed by atoms with Crippen molar-refractivity contribution in [1.82, 2.24) is 10.3 Å². The smallest absolute Gasteiger partial charge is 0.294 e. The summed E-state index contributed by atoms with van der Waals surface area (Å²) in [6, 6.07) is 20.5. The van der Waals surface area contributed by atoms with Gasteiger partial charge in [-0.25, -0.2) is 4.98 Å². The summed E-state index contributed by atoms with van der Waals surface area (Å²) in [5.74, 6) is 2.38. The van der Waals surface area contributed by atoms with Crippen LogP contribution in [0.1, 0.15) is 34.9 Å². The summed E-state index contributed by atoms with van der Waals surface area (Å²) in [6.45, 7) is 3.99. The first kappa shape index (κ1) is 24.7. The zero-order valence-corrected chi connectivity index (χ0v) is 21.5. The Morgan fingerprint density at radius 1 is 1.00 bits per heavy atom. The van der Waals surface area contributed by atoms with Gasteiger partial charge in [0.2, 0.25) is 6.29 Å². The van der Waals surface area contributed by atoms with Crippen molar-refractivity contribution in [3.05, 3.63) is 82.9 Å². The van der Waals surface area contributed by atoms with Crippen LogP contribution in [0.2, 0.25) is 0 Å². The van der Waals surface area contributed by atoms with Crippen molar-refractivity contribution in [3.8, 4) is 11.5 Å². The quantitative estimate of drug-likeness (QED) is 0.348. The Morgan fingerprint density at radius 3 is 2.47 bits per heavy atom. The van der Waals surface area contributed by atoms with Crippen LogP contribution in [0.25, 0.3) is 10.2 Å². The van der Waals surface area contributed by atoms with Crippen molar-refractivity contribution in [2.45, 2.75) is 43.3 Å². The van der Waals surface area contributed by atoms with E-state index in [0.717, 1.165) is 53.5 Å². The summed E-state index contributed by atoms with van der Waals surface area (Å²) < 4.78 is 43.0. The van der Waals surface area contributed by atoms with E-state index in [0.29, 0.717) is 12.3 Å². The molecule has 2 N–H and O–H groups in total. The van der Waals surface area contributed by atoms with Crippen LogP contribution < -0.4 is 14.8 Å². The van der Waals surface area contributed by atoms with Gasteiger partial charge in [-0.2, -0.15) is 8.42 Å². The number of aryl methyl sites for hydroxylation is 1. The average molecular weight is 525 g/mol. The minimum absolute atomic E-state index is 0.0666. The second kappa shape index (κ2) is 10.6. The molecule has 1 atom stereocenters. The van der Waals surface area contributed by atoms with Crippen molar-refractivity contribution >= 4 is 31.7 Å². The minimum atomic E-state index is -4.02. The highest BCUT2D eigenvalue weighted by Gasteiger charge is 2.30. The van der Waals surface area contributed by atoms with E-state index in [1.807, 2.05) is 25.1 Å². The van der Waals surface area contributed by atoms with Gasteiger partial charge in [-0.05, 0) is 69.1 Å². The van der Waals surface area contributed by atoms with Crippen LogP contribution in [0, 0.1) is 6.92 Å². The lowest BCUT2D eigenvalue weighted by Crippen LogP contribution is -2.27. The highest BCUT2D eigenvalue weighted by molar-refractivity contribution is 7.85. The fourth-order valence-corrected chi connectivity index (χ4v) is 5.91. The third kappa shape index (κ3) is 5.70. The van der Waals surface area contributed by atoms with Crippen molar-refractivity contribution in [2.24, 2.45) is 0 Å². The first-order valence-electron chi connectivity index (χ1n) is 11.9. The Labute approximate surface area is 214 Å². The van der Waals surface area contributed by atoms with Crippen molar-refractivity contribution < 1.29 is 22.4 Å². The van der Waals surface area contributed by atoms with Gasteiger partial charge < -0.3 is 14.8 Å². The zero-order chi connectivity index (χ0) is 25.1. The number of nitrogens with zero attached hydrogens (tertiary/aromatic N) is 1. The fourth-order valence-electron chi connectivity index (χ4n) is 4.45. The standard InChI is InChI=1S/C20H20N2O2S.C7H8O3S/c1-2-7-17-15(5-1)22-18(25-17)12-19-23-16-6-3-4-14(20(16)24-19)13-8-10-21-11-9-13;1-6-2-4-7(5-3-6)11(8,9)10/h1-7,13,19,21H,8-12H2;2-5H,1H3,(H,8,9,10). The molecule has 188 valence electrons. The Hall–Kier alpha value is -2.98. The Balaban J connectivity index is 0.000000205. The number of para-hydroxylation sites is 2. The summed E-state index contributed by atoms with van der Waals surface area (Å²) in [5.41, 5.74) is 3.30. The molecule has 7 nitrogen and oxygen atoms in total. The van der Waals surface area contributed by atoms with E-state index in [2.05, 4.69) is 29.6 Å². The van der Waals surface area contributed by atoms with Gasteiger partial charge in [0.05, 0.1) is 21.5 Å². The minimum Gasteiger partial charge on any atom is -0.451 e. The number of piperidine rings is 1. The summed E-state index contributed by atoms with van der Waals surface area (Å²) in [7, 11) is -4.02. The van der Waals surface area contributed by atoms with E-state index in [1.54, 1.807) is 23.5 Å². The Morgan fingerprint density at radius 2 is 1.75 bits per heavy atom. The molecule has 6 rings (SSSR count). The first-order valence-corrected chi connectivity index (χ1v) is 14.2. The predicted molar refractivity (Wildman–Crippen MR) is 141 cm³/mol. The molecule has 0 amide bonds. The monoisotopic (exact) mass is 524 g/mol. The van der Waals surface area contributed by atoms with Gasteiger partial charge in [0.15, 0.2) is 11.5 Å². The zero-order valence-electron chi connectivity index (χ0n) is 19.9. The van der Waals surface area contributed by atoms with Gasteiger partial charge in [-0.1, -0.05) is 42.0 Å². The molecule has 0 aliphatic carbocycles. The molecule has 9 heteroatoms. The van der Waals surface area contributed by atoms with Crippen LogP contribution in [-0.2, 0) is 16.5 Å². The first-order chi connectivity index (χ1) is 17.4. The summed E-state index contributed by atoms with van der Waals surface area (Å²) >= 11 is 1.72. The van der Waals surface area contributed by atoms with E-state index in [1.165, 1.54) is 22.4 Å². The fraction of sp³-hybridized carbons (Fsp3) is 0.296. The van der Waals surface area contributed by atoms with Crippen molar-refractivity contribution in [1.29, 1.82) is 0 Å². The van der Waals surface area contributed by atoms with Gasteiger partial charge in [0, 0.05) is 5.56 Å². The molecular formula is C27H28N2O5S2. The molecule has 1 unspecified atom stereocenters. The number of fused-ring (bicyclic) bond motifs is 2. The molecule has 3 heterocycles. The normalized spacial score (nSPS) is 17.6. The lowest BCUT2D eigenvalue weighted by Gasteiger charge is -2.23. The van der Waals surface area contributed by atoms with Crippen LogP contribution in [0.3, 0.4) is 0 Å². The topological polar surface area (TPSA) is 97.8 Å². The second-order valence-corrected chi connectivity index (χ2v) is 11.5. The predicted octanol–water partition coefficient (Wildman–Crippen LogP) is 5.35. The van der Waals surface area contributed by atoms with Gasteiger partial charge in [-0.15, -0.1) is 11.3 Å². The van der Waals surface area contributed by atoms with E-state index < -0.39 is 10.1 Å². The summed E-state index contributed by atoms with van der Waals surface area (Å²) in [4.78, 5) is 4.63. The molecule has 0 radical (unpaired) electrons. The Bertz CT molecular complexity index is 1410. The van der Waals surface area contributed by atoms with Gasteiger partial charge in [0.25, 0.3) is 10.1 Å². The van der Waals surface area contributed by atoms with E-state index >= 15 is 0 Å². The number of hydrogen-bond donors (Lipinski definition) is 2. The number of aromatic nitrogens is 1. The van der Waals surface area contributed by atoms with Gasteiger partial charge in [-0.3, -0.25) is 4.55 Å². The summed E-state index contributed by atoms with van der Waals surface area (Å²) in [5, 5.41) is 4.49. The molecule has 3 aromatic carbocycles. The maximum Gasteiger partial charge on any atom is 0.294 e. The molecule has 0 spiro atoms. The SMILES string of the molecule is Cc1ccc(S(=O)(=O)O)cc1.c1cc2c(c(C3CCNCC3)c1)OC(Cc1nc3ccccc3s1)O2. The number of nitrogens with one attached hydrogen (secondary N) is 1. The largest absolute Gasteiger partial charge is 0.451 e. The summed E-state index contributed by atoms with van der Waals surface area (Å²) in [6.07, 6.45) is 2.71. The van der Waals surface area contributed by atoms with Gasteiger partial charge in [0.1, 0.15) is 5.01 Å². The molecule has 4 aromatic rings. The molecule has 0 saturated carbocycles. The molecule has 1 fully saturated rings. The lowest BCUT2D eigenvalue weighted by molar-refractivity contribution is 0.0495. The van der Waals surface area contributed by atoms with Crippen molar-refractivity contribution in [2.75, 3.05) is 13.1 Å². The molecule has 1 aromatic heterocycles. The van der Waals surface area contributed by atoms with Crippen LogP contribution in [-0.4, -0.2) is 37.3 Å². The number of ether oxygens (including phenoxy) is 2. The number of rotatable bonds is 4. The molecule has 2 aliphatic rings. The average Bonchev–Trinajstić information content (AvgIpc) is 3.47.